The maximum Gasteiger partial charge on any atom is 0.106 e. The summed E-state index contributed by atoms with van der Waals surface area (Å²) >= 11 is 0. The van der Waals surface area contributed by atoms with E-state index in [9.17, 15) is 0 Å². The molecule has 0 rings (SSSR count). The molecule has 0 saturated carbocycles. The van der Waals surface area contributed by atoms with E-state index >= 15 is 0 Å². The minimum Gasteiger partial charge on any atom is -0.389 e. The van der Waals surface area contributed by atoms with Gasteiger partial charge in [0.05, 0.1) is 12.7 Å². The van der Waals surface area contributed by atoms with Gasteiger partial charge in [0.15, 0.2) is 0 Å². The summed E-state index contributed by atoms with van der Waals surface area (Å²) in [5, 5.41) is 17.5. The van der Waals surface area contributed by atoms with Crippen LogP contribution in [0.5, 0.6) is 0 Å². The largest absolute Gasteiger partial charge is 0.389 e. The zero-order chi connectivity index (χ0) is 7.28. The Morgan fingerprint density at radius 1 is 1.33 bits per heavy atom. The number of rotatable bonds is 4. The van der Waals surface area contributed by atoms with Gasteiger partial charge in [0.2, 0.25) is 0 Å². The van der Waals surface area contributed by atoms with Gasteiger partial charge in [0, 0.05) is 6.54 Å². The second kappa shape index (κ2) is 4.66. The van der Waals surface area contributed by atoms with Gasteiger partial charge in [-0.3, -0.25) is 0 Å². The zero-order valence-electron chi connectivity index (χ0n) is 5.03. The number of hydrogen-bond acceptors (Lipinski definition) is 5. The van der Waals surface area contributed by atoms with Crippen LogP contribution in [-0.4, -0.2) is 35.6 Å². The Labute approximate surface area is 53.2 Å². The monoisotopic (exact) mass is 136 g/mol. The van der Waals surface area contributed by atoms with E-state index in [1.54, 1.807) is 0 Å². The van der Waals surface area contributed by atoms with Crippen LogP contribution in [0.2, 0.25) is 0 Å². The molecule has 5 nitrogen and oxygen atoms in total. The molecule has 0 amide bonds. The van der Waals surface area contributed by atoms with Crippen molar-refractivity contribution in [2.75, 3.05) is 13.2 Å². The van der Waals surface area contributed by atoms with Crippen molar-refractivity contribution in [3.63, 3.8) is 0 Å². The summed E-state index contributed by atoms with van der Waals surface area (Å²) in [5.74, 6) is 4.61. The second-order valence-electron chi connectivity index (χ2n) is 1.70. The quantitative estimate of drug-likeness (QED) is 0.321. The fourth-order valence-corrected chi connectivity index (χ4v) is 0.367. The highest BCUT2D eigenvalue weighted by molar-refractivity contribution is 4.65. The first kappa shape index (κ1) is 8.80. The first-order valence-corrected chi connectivity index (χ1v) is 2.60. The van der Waals surface area contributed by atoms with Crippen LogP contribution >= 0.6 is 0 Å². The van der Waals surface area contributed by atoms with Crippen LogP contribution in [0.4, 0.5) is 0 Å². The van der Waals surface area contributed by atoms with Gasteiger partial charge in [-0.1, -0.05) is 0 Å². The average Bonchev–Trinajstić information content (AvgIpc) is 1.87. The van der Waals surface area contributed by atoms with Gasteiger partial charge in [0.1, 0.15) is 6.10 Å². The van der Waals surface area contributed by atoms with E-state index in [4.69, 9.17) is 15.9 Å². The molecule has 0 aliphatic heterocycles. The Bertz CT molecular complexity index is 70.8. The van der Waals surface area contributed by atoms with E-state index in [0.29, 0.717) is 0 Å². The van der Waals surface area contributed by atoms with Crippen molar-refractivity contribution in [3.8, 4) is 0 Å². The third-order valence-corrected chi connectivity index (χ3v) is 0.953. The topological polar surface area (TPSA) is 102 Å². The maximum absolute atomic E-state index is 8.78. The molecule has 0 fully saturated rings. The lowest BCUT2D eigenvalue weighted by Crippen LogP contribution is -2.37. The highest BCUT2D eigenvalue weighted by atomic mass is 16.6. The molecule has 0 aromatic rings. The predicted molar refractivity (Wildman–Crippen MR) is 31.2 cm³/mol. The first-order chi connectivity index (χ1) is 4.22. The van der Waals surface area contributed by atoms with E-state index in [0.717, 1.165) is 0 Å². The molecule has 5 heteroatoms. The molecule has 9 heavy (non-hydrogen) atoms. The summed E-state index contributed by atoms with van der Waals surface area (Å²) in [4.78, 5) is 4.06. The molecule has 56 valence electrons. The van der Waals surface area contributed by atoms with E-state index < -0.39 is 12.2 Å². The lowest BCUT2D eigenvalue weighted by molar-refractivity contribution is -0.0346. The Morgan fingerprint density at radius 3 is 2.22 bits per heavy atom. The van der Waals surface area contributed by atoms with Crippen LogP contribution in [0.25, 0.3) is 0 Å². The number of aliphatic hydroxyl groups excluding tert-OH is 2. The number of aliphatic hydroxyl groups is 2. The molecule has 0 spiro atoms. The van der Waals surface area contributed by atoms with E-state index in [1.165, 1.54) is 0 Å². The summed E-state index contributed by atoms with van der Waals surface area (Å²) in [6.45, 7) is -0.0944. The SMILES string of the molecule is NC[C@@H](O)[C@H](O)CON. The fraction of sp³-hybridized carbons (Fsp3) is 1.00. The standard InChI is InChI=1S/C4H12N2O3/c5-1-3(7)4(8)2-9-6/h3-4,7-8H,1-2,5-6H2/t3-,4-/m1/s1. The minimum atomic E-state index is -0.986. The second-order valence-corrected chi connectivity index (χ2v) is 1.70. The summed E-state index contributed by atoms with van der Waals surface area (Å²) in [5.41, 5.74) is 5.00. The molecule has 0 radical (unpaired) electrons. The lowest BCUT2D eigenvalue weighted by atomic mass is 10.2. The Morgan fingerprint density at radius 2 is 1.89 bits per heavy atom. The molecular weight excluding hydrogens is 124 g/mol. The van der Waals surface area contributed by atoms with Crippen LogP contribution < -0.4 is 11.6 Å². The van der Waals surface area contributed by atoms with Crippen LogP contribution in [-0.2, 0) is 4.84 Å². The van der Waals surface area contributed by atoms with Gasteiger partial charge in [-0.05, 0) is 0 Å². The Kier molecular flexibility index (Phi) is 4.55. The van der Waals surface area contributed by atoms with Crippen molar-refractivity contribution in [3.05, 3.63) is 0 Å². The Hall–Kier alpha value is -0.200. The molecule has 0 bridgehead atoms. The van der Waals surface area contributed by atoms with Crippen molar-refractivity contribution >= 4 is 0 Å². The van der Waals surface area contributed by atoms with Crippen LogP contribution in [0, 0.1) is 0 Å². The van der Waals surface area contributed by atoms with Gasteiger partial charge in [0.25, 0.3) is 0 Å². The van der Waals surface area contributed by atoms with Crippen molar-refractivity contribution in [1.29, 1.82) is 0 Å². The van der Waals surface area contributed by atoms with Crippen molar-refractivity contribution in [2.24, 2.45) is 11.6 Å². The third-order valence-electron chi connectivity index (χ3n) is 0.953. The van der Waals surface area contributed by atoms with Gasteiger partial charge in [-0.15, -0.1) is 0 Å². The molecule has 6 N–H and O–H groups in total. The molecule has 0 aliphatic rings. The smallest absolute Gasteiger partial charge is 0.106 e. The Balaban J connectivity index is 3.32. The summed E-state index contributed by atoms with van der Waals surface area (Å²) < 4.78 is 0. The molecule has 0 heterocycles. The van der Waals surface area contributed by atoms with Gasteiger partial charge >= 0.3 is 0 Å². The van der Waals surface area contributed by atoms with Crippen molar-refractivity contribution in [1.82, 2.24) is 0 Å². The van der Waals surface area contributed by atoms with Crippen molar-refractivity contribution < 1.29 is 15.1 Å². The molecule has 2 atom stereocenters. The molecular formula is C4H12N2O3. The zero-order valence-corrected chi connectivity index (χ0v) is 5.03. The number of nitrogens with two attached hydrogens (primary N) is 2. The minimum absolute atomic E-state index is 0.00449. The van der Waals surface area contributed by atoms with Crippen LogP contribution in [0.3, 0.4) is 0 Å². The predicted octanol–water partition coefficient (Wildman–Crippen LogP) is -2.44. The molecule has 0 saturated heterocycles. The highest BCUT2D eigenvalue weighted by Gasteiger charge is 2.13. The number of hydrogen-bond donors (Lipinski definition) is 4. The highest BCUT2D eigenvalue weighted by Crippen LogP contribution is 1.89. The first-order valence-electron chi connectivity index (χ1n) is 2.60. The van der Waals surface area contributed by atoms with Crippen molar-refractivity contribution in [2.45, 2.75) is 12.2 Å². The van der Waals surface area contributed by atoms with Gasteiger partial charge in [-0.25, -0.2) is 5.90 Å². The lowest BCUT2D eigenvalue weighted by Gasteiger charge is -2.13. The van der Waals surface area contributed by atoms with Gasteiger partial charge < -0.3 is 20.8 Å². The van der Waals surface area contributed by atoms with E-state index in [-0.39, 0.29) is 13.2 Å². The van der Waals surface area contributed by atoms with Crippen LogP contribution in [0.15, 0.2) is 0 Å². The fourth-order valence-electron chi connectivity index (χ4n) is 0.367. The normalized spacial score (nSPS) is 17.3. The maximum atomic E-state index is 8.78. The molecule has 0 unspecified atom stereocenters. The third kappa shape index (κ3) is 3.39. The van der Waals surface area contributed by atoms with Gasteiger partial charge in [-0.2, -0.15) is 0 Å². The molecule has 0 aromatic carbocycles. The molecule has 0 aliphatic carbocycles. The summed E-state index contributed by atoms with van der Waals surface area (Å²) in [6, 6.07) is 0. The van der Waals surface area contributed by atoms with Crippen LogP contribution in [0.1, 0.15) is 0 Å². The average molecular weight is 136 g/mol. The van der Waals surface area contributed by atoms with E-state index in [1.807, 2.05) is 0 Å². The summed E-state index contributed by atoms with van der Waals surface area (Å²) in [6.07, 6.45) is -1.94. The van der Waals surface area contributed by atoms with E-state index in [2.05, 4.69) is 10.7 Å². The molecule has 0 aromatic heterocycles. The summed E-state index contributed by atoms with van der Waals surface area (Å²) in [7, 11) is 0.